The average Bonchev–Trinajstić information content (AvgIpc) is 2.46. The molecule has 0 radical (unpaired) electrons. The Labute approximate surface area is 127 Å². The summed E-state index contributed by atoms with van der Waals surface area (Å²) in [5, 5.41) is 0. The lowest BCUT2D eigenvalue weighted by Gasteiger charge is -2.06. The van der Waals surface area contributed by atoms with E-state index >= 15 is 0 Å². The van der Waals surface area contributed by atoms with Crippen LogP contribution >= 0.6 is 15.9 Å². The Morgan fingerprint density at radius 1 is 1.20 bits per heavy atom. The van der Waals surface area contributed by atoms with Gasteiger partial charge in [-0.05, 0) is 57.7 Å². The maximum absolute atomic E-state index is 12.0. The molecule has 3 nitrogen and oxygen atoms in total. The highest BCUT2D eigenvalue weighted by Gasteiger charge is 2.07. The molecule has 2 rings (SSSR count). The maximum Gasteiger partial charge on any atom is 0.137 e. The van der Waals surface area contributed by atoms with Gasteiger partial charge in [-0.3, -0.25) is 9.78 Å². The first-order valence-electron chi connectivity index (χ1n) is 6.42. The van der Waals surface area contributed by atoms with Crippen molar-refractivity contribution in [2.24, 2.45) is 0 Å². The Morgan fingerprint density at radius 2 is 1.95 bits per heavy atom. The number of pyridine rings is 1. The number of hydrogen-bond acceptors (Lipinski definition) is 3. The van der Waals surface area contributed by atoms with E-state index in [2.05, 4.69) is 20.9 Å². The van der Waals surface area contributed by atoms with Crippen LogP contribution in [-0.4, -0.2) is 17.9 Å². The van der Waals surface area contributed by atoms with Crippen molar-refractivity contribution in [3.05, 3.63) is 58.3 Å². The minimum atomic E-state index is 0.235. The fraction of sp³-hybridized carbons (Fsp3) is 0.250. The minimum absolute atomic E-state index is 0.235. The molecule has 0 saturated heterocycles. The van der Waals surface area contributed by atoms with Crippen molar-refractivity contribution >= 4 is 21.7 Å². The number of ketones is 1. The molecule has 0 unspecified atom stereocenters. The second kappa shape index (κ2) is 7.20. The van der Waals surface area contributed by atoms with E-state index in [1.54, 1.807) is 19.5 Å². The predicted molar refractivity (Wildman–Crippen MR) is 82.0 cm³/mol. The third kappa shape index (κ3) is 4.17. The summed E-state index contributed by atoms with van der Waals surface area (Å²) in [6, 6.07) is 9.61. The van der Waals surface area contributed by atoms with Crippen LogP contribution in [0.2, 0.25) is 0 Å². The third-order valence-electron chi connectivity index (χ3n) is 3.06. The zero-order valence-electron chi connectivity index (χ0n) is 11.3. The van der Waals surface area contributed by atoms with Crippen LogP contribution in [0.3, 0.4) is 0 Å². The number of hydrogen-bond donors (Lipinski definition) is 0. The first-order chi connectivity index (χ1) is 9.69. The summed E-state index contributed by atoms with van der Waals surface area (Å²) in [4.78, 5) is 16.0. The van der Waals surface area contributed by atoms with Crippen LogP contribution in [0, 0.1) is 0 Å². The molecule has 0 amide bonds. The Bertz CT molecular complexity index is 584. The lowest BCUT2D eigenvalue weighted by molar-refractivity contribution is -0.118. The lowest BCUT2D eigenvalue weighted by atomic mass is 10.0. The first-order valence-corrected chi connectivity index (χ1v) is 7.21. The minimum Gasteiger partial charge on any atom is -0.496 e. The molecule has 0 aliphatic rings. The van der Waals surface area contributed by atoms with Crippen molar-refractivity contribution in [2.75, 3.05) is 7.11 Å². The van der Waals surface area contributed by atoms with Gasteiger partial charge < -0.3 is 4.74 Å². The molecule has 104 valence electrons. The van der Waals surface area contributed by atoms with Crippen molar-refractivity contribution in [2.45, 2.75) is 19.3 Å². The number of methoxy groups -OCH3 is 1. The van der Waals surface area contributed by atoms with E-state index in [0.717, 1.165) is 27.8 Å². The largest absolute Gasteiger partial charge is 0.496 e. The number of carbonyl (C=O) groups excluding carboxylic acids is 1. The van der Waals surface area contributed by atoms with E-state index in [0.29, 0.717) is 12.8 Å². The van der Waals surface area contributed by atoms with Gasteiger partial charge in [0.15, 0.2) is 0 Å². The van der Waals surface area contributed by atoms with Gasteiger partial charge in [0.1, 0.15) is 11.5 Å². The average molecular weight is 334 g/mol. The molecular formula is C16H16BrNO2. The first kappa shape index (κ1) is 14.7. The number of ether oxygens (including phenoxy) is 1. The molecule has 0 N–H and O–H groups in total. The SMILES string of the molecule is COc1ccc(CC(=O)CCc2ccncc2)cc1Br. The monoisotopic (exact) mass is 333 g/mol. The number of halogens is 1. The summed E-state index contributed by atoms with van der Waals surface area (Å²) in [5.74, 6) is 1.01. The van der Waals surface area contributed by atoms with Crippen molar-refractivity contribution in [3.63, 3.8) is 0 Å². The summed E-state index contributed by atoms with van der Waals surface area (Å²) >= 11 is 3.43. The number of carbonyl (C=O) groups is 1. The number of benzene rings is 1. The van der Waals surface area contributed by atoms with Gasteiger partial charge in [0.25, 0.3) is 0 Å². The van der Waals surface area contributed by atoms with Gasteiger partial charge in [-0.15, -0.1) is 0 Å². The highest BCUT2D eigenvalue weighted by atomic mass is 79.9. The van der Waals surface area contributed by atoms with Crippen molar-refractivity contribution < 1.29 is 9.53 Å². The van der Waals surface area contributed by atoms with Crippen LogP contribution in [0.1, 0.15) is 17.5 Å². The molecule has 0 aliphatic carbocycles. The maximum atomic E-state index is 12.0. The smallest absolute Gasteiger partial charge is 0.137 e. The van der Waals surface area contributed by atoms with Gasteiger partial charge >= 0.3 is 0 Å². The Morgan fingerprint density at radius 3 is 2.60 bits per heavy atom. The number of nitrogens with zero attached hydrogens (tertiary/aromatic N) is 1. The van der Waals surface area contributed by atoms with E-state index in [1.807, 2.05) is 30.3 Å². The molecule has 0 saturated carbocycles. The van der Waals surface area contributed by atoms with Gasteiger partial charge in [0, 0.05) is 25.2 Å². The number of Topliss-reactive ketones (excluding diaryl/α,β-unsaturated/α-hetero) is 1. The van der Waals surface area contributed by atoms with E-state index in [9.17, 15) is 4.79 Å². The van der Waals surface area contributed by atoms with Crippen molar-refractivity contribution in [1.82, 2.24) is 4.98 Å². The molecule has 1 aromatic carbocycles. The van der Waals surface area contributed by atoms with Gasteiger partial charge in [-0.2, -0.15) is 0 Å². The highest BCUT2D eigenvalue weighted by molar-refractivity contribution is 9.10. The molecule has 1 aromatic heterocycles. The van der Waals surface area contributed by atoms with Gasteiger partial charge in [0.2, 0.25) is 0 Å². The van der Waals surface area contributed by atoms with Crippen LogP contribution in [-0.2, 0) is 17.6 Å². The van der Waals surface area contributed by atoms with Gasteiger partial charge in [0.05, 0.1) is 11.6 Å². The highest BCUT2D eigenvalue weighted by Crippen LogP contribution is 2.25. The molecule has 0 atom stereocenters. The van der Waals surface area contributed by atoms with Crippen LogP contribution in [0.15, 0.2) is 47.2 Å². The van der Waals surface area contributed by atoms with Gasteiger partial charge in [-0.25, -0.2) is 0 Å². The van der Waals surface area contributed by atoms with Crippen LogP contribution in [0.4, 0.5) is 0 Å². The number of aryl methyl sites for hydroxylation is 1. The second-order valence-corrected chi connectivity index (χ2v) is 5.39. The summed E-state index contributed by atoms with van der Waals surface area (Å²) in [5.41, 5.74) is 2.14. The topological polar surface area (TPSA) is 39.2 Å². The Hall–Kier alpha value is -1.68. The summed E-state index contributed by atoms with van der Waals surface area (Å²) in [6.07, 6.45) is 5.26. The summed E-state index contributed by atoms with van der Waals surface area (Å²) < 4.78 is 6.05. The van der Waals surface area contributed by atoms with E-state index in [-0.39, 0.29) is 5.78 Å². The molecular weight excluding hydrogens is 318 g/mol. The lowest BCUT2D eigenvalue weighted by Crippen LogP contribution is -2.04. The molecule has 1 heterocycles. The molecule has 20 heavy (non-hydrogen) atoms. The van der Waals surface area contributed by atoms with Gasteiger partial charge in [-0.1, -0.05) is 6.07 Å². The molecule has 4 heteroatoms. The second-order valence-electron chi connectivity index (χ2n) is 4.54. The van der Waals surface area contributed by atoms with Crippen LogP contribution in [0.5, 0.6) is 5.75 Å². The number of rotatable bonds is 6. The van der Waals surface area contributed by atoms with E-state index in [1.165, 1.54) is 0 Å². The summed E-state index contributed by atoms with van der Waals surface area (Å²) in [7, 11) is 1.62. The molecule has 2 aromatic rings. The zero-order valence-corrected chi connectivity index (χ0v) is 12.9. The predicted octanol–water partition coefficient (Wildman–Crippen LogP) is 3.60. The molecule has 0 bridgehead atoms. The number of aromatic nitrogens is 1. The van der Waals surface area contributed by atoms with E-state index < -0.39 is 0 Å². The van der Waals surface area contributed by atoms with Crippen molar-refractivity contribution in [3.8, 4) is 5.75 Å². The Balaban J connectivity index is 1.90. The molecule has 0 aliphatic heterocycles. The summed E-state index contributed by atoms with van der Waals surface area (Å²) in [6.45, 7) is 0. The zero-order chi connectivity index (χ0) is 14.4. The molecule has 0 spiro atoms. The quantitative estimate of drug-likeness (QED) is 0.810. The van der Waals surface area contributed by atoms with E-state index in [4.69, 9.17) is 4.74 Å². The third-order valence-corrected chi connectivity index (χ3v) is 3.68. The Kier molecular flexibility index (Phi) is 5.30. The molecule has 0 fully saturated rings. The van der Waals surface area contributed by atoms with Crippen LogP contribution in [0.25, 0.3) is 0 Å². The van der Waals surface area contributed by atoms with Crippen LogP contribution < -0.4 is 4.74 Å². The fourth-order valence-electron chi connectivity index (χ4n) is 1.97. The fourth-order valence-corrected chi connectivity index (χ4v) is 2.56. The normalized spacial score (nSPS) is 10.3. The standard InChI is InChI=1S/C16H16BrNO2/c1-20-16-5-3-13(11-15(16)17)10-14(19)4-2-12-6-8-18-9-7-12/h3,5-9,11H,2,4,10H2,1H3. The van der Waals surface area contributed by atoms with Crippen molar-refractivity contribution in [1.29, 1.82) is 0 Å².